The lowest BCUT2D eigenvalue weighted by Gasteiger charge is -2.33. The van der Waals surface area contributed by atoms with E-state index >= 15 is 0 Å². The molecule has 0 heterocycles. The molecule has 1 aromatic rings. The van der Waals surface area contributed by atoms with Crippen molar-refractivity contribution in [3.05, 3.63) is 35.4 Å². The molecule has 144 valence electrons. The van der Waals surface area contributed by atoms with Crippen LogP contribution in [0.3, 0.4) is 0 Å². The number of amides is 2. The Morgan fingerprint density at radius 2 is 1.77 bits per heavy atom. The Kier molecular flexibility index (Phi) is 6.21. The highest BCUT2D eigenvalue weighted by molar-refractivity contribution is 5.75. The smallest absolute Gasteiger partial charge is 0.315 e. The SMILES string of the molecule is CC(C)(C)C(NC(=O)NC1CCC(C(=O)O)CC1)c1ccc(F)cc1F. The third-order valence-electron chi connectivity index (χ3n) is 4.83. The Labute approximate surface area is 152 Å². The van der Waals surface area contributed by atoms with Crippen LogP contribution in [0, 0.1) is 23.0 Å². The van der Waals surface area contributed by atoms with E-state index in [2.05, 4.69) is 10.6 Å². The van der Waals surface area contributed by atoms with Gasteiger partial charge in [-0.05, 0) is 37.2 Å². The molecule has 3 N–H and O–H groups in total. The molecular formula is C19H26F2N2O3. The number of hydrogen-bond acceptors (Lipinski definition) is 2. The van der Waals surface area contributed by atoms with Crippen LogP contribution in [0.4, 0.5) is 13.6 Å². The zero-order chi connectivity index (χ0) is 19.5. The van der Waals surface area contributed by atoms with Crippen LogP contribution in [0.25, 0.3) is 0 Å². The fourth-order valence-electron chi connectivity index (χ4n) is 3.34. The molecule has 0 aromatic heterocycles. The Morgan fingerprint density at radius 1 is 1.15 bits per heavy atom. The minimum atomic E-state index is -0.799. The molecular weight excluding hydrogens is 342 g/mol. The largest absolute Gasteiger partial charge is 0.481 e. The number of nitrogens with one attached hydrogen (secondary N) is 2. The monoisotopic (exact) mass is 368 g/mol. The van der Waals surface area contributed by atoms with Crippen LogP contribution < -0.4 is 10.6 Å². The zero-order valence-corrected chi connectivity index (χ0v) is 15.3. The third kappa shape index (κ3) is 5.16. The average molecular weight is 368 g/mol. The van der Waals surface area contributed by atoms with Gasteiger partial charge in [-0.25, -0.2) is 13.6 Å². The van der Waals surface area contributed by atoms with Crippen LogP contribution in [0.2, 0.25) is 0 Å². The van der Waals surface area contributed by atoms with Gasteiger partial charge in [0.1, 0.15) is 11.6 Å². The van der Waals surface area contributed by atoms with Crippen molar-refractivity contribution in [3.8, 4) is 0 Å². The Bertz CT molecular complexity index is 665. The Morgan fingerprint density at radius 3 is 2.27 bits per heavy atom. The first-order chi connectivity index (χ1) is 12.1. The number of carbonyl (C=O) groups excluding carboxylic acids is 1. The highest BCUT2D eigenvalue weighted by atomic mass is 19.1. The van der Waals surface area contributed by atoms with Crippen molar-refractivity contribution in [3.63, 3.8) is 0 Å². The number of hydrogen-bond donors (Lipinski definition) is 3. The summed E-state index contributed by atoms with van der Waals surface area (Å²) in [6, 6.07) is 2.14. The van der Waals surface area contributed by atoms with Gasteiger partial charge in [-0.3, -0.25) is 4.79 Å². The van der Waals surface area contributed by atoms with Crippen LogP contribution in [0.15, 0.2) is 18.2 Å². The molecule has 0 bridgehead atoms. The molecule has 1 aliphatic rings. The topological polar surface area (TPSA) is 78.4 Å². The van der Waals surface area contributed by atoms with E-state index in [-0.39, 0.29) is 17.5 Å². The maximum Gasteiger partial charge on any atom is 0.315 e. The summed E-state index contributed by atoms with van der Waals surface area (Å²) in [5.74, 6) is -2.52. The van der Waals surface area contributed by atoms with E-state index in [0.717, 1.165) is 6.07 Å². The molecule has 26 heavy (non-hydrogen) atoms. The lowest BCUT2D eigenvalue weighted by atomic mass is 9.82. The van der Waals surface area contributed by atoms with Gasteiger partial charge in [-0.1, -0.05) is 26.8 Å². The van der Waals surface area contributed by atoms with Crippen molar-refractivity contribution >= 4 is 12.0 Å². The number of aliphatic carboxylic acids is 1. The maximum absolute atomic E-state index is 14.2. The van der Waals surface area contributed by atoms with Crippen LogP contribution in [0.1, 0.15) is 58.1 Å². The fourth-order valence-corrected chi connectivity index (χ4v) is 3.34. The number of urea groups is 1. The Hall–Kier alpha value is -2.18. The van der Waals surface area contributed by atoms with Gasteiger partial charge < -0.3 is 15.7 Å². The molecule has 0 radical (unpaired) electrons. The van der Waals surface area contributed by atoms with Crippen molar-refractivity contribution in [2.45, 2.75) is 58.5 Å². The molecule has 5 nitrogen and oxygen atoms in total. The molecule has 1 saturated carbocycles. The van der Waals surface area contributed by atoms with Gasteiger partial charge in [0.2, 0.25) is 0 Å². The molecule has 2 amide bonds. The predicted molar refractivity (Wildman–Crippen MR) is 93.6 cm³/mol. The second kappa shape index (κ2) is 8.01. The second-order valence-electron chi connectivity index (χ2n) is 7.97. The van der Waals surface area contributed by atoms with Crippen molar-refractivity contribution in [1.82, 2.24) is 10.6 Å². The first kappa shape index (κ1) is 20.1. The van der Waals surface area contributed by atoms with E-state index < -0.39 is 35.1 Å². The maximum atomic E-state index is 14.2. The van der Waals surface area contributed by atoms with Crippen molar-refractivity contribution in [2.75, 3.05) is 0 Å². The quantitative estimate of drug-likeness (QED) is 0.752. The van der Waals surface area contributed by atoms with E-state index in [0.29, 0.717) is 25.7 Å². The summed E-state index contributed by atoms with van der Waals surface area (Å²) in [4.78, 5) is 23.4. The molecule has 1 unspecified atom stereocenters. The van der Waals surface area contributed by atoms with Crippen molar-refractivity contribution in [1.29, 1.82) is 0 Å². The van der Waals surface area contributed by atoms with Gasteiger partial charge in [-0.15, -0.1) is 0 Å². The number of carboxylic acids is 1. The molecule has 7 heteroatoms. The van der Waals surface area contributed by atoms with Gasteiger partial charge in [0, 0.05) is 17.7 Å². The molecule has 0 aliphatic heterocycles. The minimum absolute atomic E-state index is 0.107. The normalized spacial score (nSPS) is 21.7. The summed E-state index contributed by atoms with van der Waals surface area (Å²) >= 11 is 0. The summed E-state index contributed by atoms with van der Waals surface area (Å²) in [5.41, 5.74) is -0.264. The summed E-state index contributed by atoms with van der Waals surface area (Å²) in [7, 11) is 0. The van der Waals surface area contributed by atoms with E-state index in [1.165, 1.54) is 12.1 Å². The van der Waals surface area contributed by atoms with Crippen LogP contribution in [-0.2, 0) is 4.79 Å². The van der Waals surface area contributed by atoms with Crippen molar-refractivity contribution in [2.24, 2.45) is 11.3 Å². The van der Waals surface area contributed by atoms with Gasteiger partial charge in [0.15, 0.2) is 0 Å². The van der Waals surface area contributed by atoms with Gasteiger partial charge >= 0.3 is 12.0 Å². The summed E-state index contributed by atoms with van der Waals surface area (Å²) in [5, 5.41) is 14.7. The van der Waals surface area contributed by atoms with Crippen molar-refractivity contribution < 1.29 is 23.5 Å². The van der Waals surface area contributed by atoms with Gasteiger partial charge in [-0.2, -0.15) is 0 Å². The summed E-state index contributed by atoms with van der Waals surface area (Å²) < 4.78 is 27.4. The average Bonchev–Trinajstić information content (AvgIpc) is 2.53. The van der Waals surface area contributed by atoms with E-state index in [1.807, 2.05) is 20.8 Å². The van der Waals surface area contributed by atoms with Gasteiger partial charge in [0.05, 0.1) is 12.0 Å². The third-order valence-corrected chi connectivity index (χ3v) is 4.83. The molecule has 1 aliphatic carbocycles. The Balaban J connectivity index is 2.03. The number of carbonyl (C=O) groups is 2. The first-order valence-corrected chi connectivity index (χ1v) is 8.82. The number of carboxylic acid groups (broad SMARTS) is 1. The van der Waals surface area contributed by atoms with E-state index in [4.69, 9.17) is 5.11 Å². The fraction of sp³-hybridized carbons (Fsp3) is 0.579. The molecule has 2 rings (SSSR count). The second-order valence-corrected chi connectivity index (χ2v) is 7.97. The standard InChI is InChI=1S/C19H26F2N2O3/c1-19(2,3)16(14-9-6-12(20)10-15(14)21)23-18(26)22-13-7-4-11(5-8-13)17(24)25/h6,9-11,13,16H,4-5,7-8H2,1-3H3,(H,24,25)(H2,22,23,26). The van der Waals surface area contributed by atoms with Gasteiger partial charge in [0.25, 0.3) is 0 Å². The minimum Gasteiger partial charge on any atom is -0.481 e. The zero-order valence-electron chi connectivity index (χ0n) is 15.3. The van der Waals surface area contributed by atoms with Crippen LogP contribution >= 0.6 is 0 Å². The lowest BCUT2D eigenvalue weighted by molar-refractivity contribution is -0.142. The molecule has 0 spiro atoms. The van der Waals surface area contributed by atoms with E-state index in [9.17, 15) is 18.4 Å². The number of halogens is 2. The first-order valence-electron chi connectivity index (χ1n) is 8.82. The summed E-state index contributed by atoms with van der Waals surface area (Å²) in [6.07, 6.45) is 2.23. The molecule has 1 aromatic carbocycles. The van der Waals surface area contributed by atoms with E-state index in [1.54, 1.807) is 0 Å². The highest BCUT2D eigenvalue weighted by Gasteiger charge is 2.32. The lowest BCUT2D eigenvalue weighted by Crippen LogP contribution is -2.47. The molecule has 1 fully saturated rings. The summed E-state index contributed by atoms with van der Waals surface area (Å²) in [6.45, 7) is 5.58. The molecule has 1 atom stereocenters. The number of rotatable bonds is 4. The predicted octanol–water partition coefficient (Wildman–Crippen LogP) is 3.99. The van der Waals surface area contributed by atoms with Crippen LogP contribution in [0.5, 0.6) is 0 Å². The highest BCUT2D eigenvalue weighted by Crippen LogP contribution is 2.34. The number of benzene rings is 1. The molecule has 0 saturated heterocycles. The van der Waals surface area contributed by atoms with Crippen LogP contribution in [-0.4, -0.2) is 23.1 Å².